The predicted molar refractivity (Wildman–Crippen MR) is 77.7 cm³/mol. The van der Waals surface area contributed by atoms with Crippen molar-refractivity contribution in [2.75, 3.05) is 5.75 Å². The topological polar surface area (TPSA) is 43.1 Å². The summed E-state index contributed by atoms with van der Waals surface area (Å²) >= 11 is 0. The molecule has 1 aromatic carbocycles. The van der Waals surface area contributed by atoms with Crippen LogP contribution >= 0.6 is 0 Å². The summed E-state index contributed by atoms with van der Waals surface area (Å²) in [7, 11) is -0.828. The molecule has 2 N–H and O–H groups in total. The quantitative estimate of drug-likeness (QED) is 0.889. The van der Waals surface area contributed by atoms with Crippen LogP contribution < -0.4 is 5.73 Å². The summed E-state index contributed by atoms with van der Waals surface area (Å²) < 4.78 is 12.1. The first kappa shape index (κ1) is 13.8. The molecular formula is C15H23NOS. The highest BCUT2D eigenvalue weighted by Gasteiger charge is 2.22. The van der Waals surface area contributed by atoms with E-state index in [0.717, 1.165) is 5.56 Å². The van der Waals surface area contributed by atoms with E-state index >= 15 is 0 Å². The minimum absolute atomic E-state index is 0.120. The van der Waals surface area contributed by atoms with Gasteiger partial charge in [0.25, 0.3) is 0 Å². The molecule has 0 amide bonds. The van der Waals surface area contributed by atoms with E-state index in [1.807, 2.05) is 30.3 Å². The van der Waals surface area contributed by atoms with Crippen molar-refractivity contribution in [1.82, 2.24) is 0 Å². The summed E-state index contributed by atoms with van der Waals surface area (Å²) in [4.78, 5) is 0. The van der Waals surface area contributed by atoms with Crippen molar-refractivity contribution < 1.29 is 4.21 Å². The number of hydrogen-bond donors (Lipinski definition) is 1. The van der Waals surface area contributed by atoms with E-state index in [4.69, 9.17) is 5.73 Å². The summed E-state index contributed by atoms with van der Waals surface area (Å²) in [5, 5.41) is 0. The molecule has 0 aliphatic heterocycles. The maximum absolute atomic E-state index is 12.1. The SMILES string of the molecule is NC(CS(=O)Cc1ccccc1)C1CCCCC1. The molecule has 18 heavy (non-hydrogen) atoms. The summed E-state index contributed by atoms with van der Waals surface area (Å²) in [5.41, 5.74) is 7.36. The van der Waals surface area contributed by atoms with Crippen LogP contribution in [0.15, 0.2) is 30.3 Å². The van der Waals surface area contributed by atoms with Crippen LogP contribution in [0, 0.1) is 5.92 Å². The van der Waals surface area contributed by atoms with Crippen molar-refractivity contribution in [3.05, 3.63) is 35.9 Å². The second-order valence-electron chi connectivity index (χ2n) is 5.30. The first-order chi connectivity index (χ1) is 8.75. The van der Waals surface area contributed by atoms with Crippen molar-refractivity contribution in [3.63, 3.8) is 0 Å². The fourth-order valence-corrected chi connectivity index (χ4v) is 4.12. The first-order valence-electron chi connectivity index (χ1n) is 6.90. The van der Waals surface area contributed by atoms with Crippen molar-refractivity contribution in [1.29, 1.82) is 0 Å². The molecule has 1 aliphatic rings. The van der Waals surface area contributed by atoms with Gasteiger partial charge < -0.3 is 5.73 Å². The van der Waals surface area contributed by atoms with Crippen molar-refractivity contribution in [3.8, 4) is 0 Å². The minimum Gasteiger partial charge on any atom is -0.327 e. The Balaban J connectivity index is 1.79. The Bertz CT molecular complexity index is 373. The van der Waals surface area contributed by atoms with Gasteiger partial charge in [0.2, 0.25) is 0 Å². The van der Waals surface area contributed by atoms with E-state index in [-0.39, 0.29) is 6.04 Å². The van der Waals surface area contributed by atoms with Gasteiger partial charge in [-0.1, -0.05) is 49.6 Å². The third-order valence-electron chi connectivity index (χ3n) is 3.80. The lowest BCUT2D eigenvalue weighted by Crippen LogP contribution is -2.36. The van der Waals surface area contributed by atoms with Gasteiger partial charge in [0, 0.05) is 28.3 Å². The molecule has 1 saturated carbocycles. The lowest BCUT2D eigenvalue weighted by Gasteiger charge is -2.27. The Hall–Kier alpha value is -0.670. The highest BCUT2D eigenvalue weighted by Crippen LogP contribution is 2.26. The van der Waals surface area contributed by atoms with Crippen LogP contribution in [0.25, 0.3) is 0 Å². The lowest BCUT2D eigenvalue weighted by molar-refractivity contribution is 0.318. The first-order valence-corrected chi connectivity index (χ1v) is 8.39. The molecule has 3 heteroatoms. The number of hydrogen-bond acceptors (Lipinski definition) is 2. The molecule has 0 radical (unpaired) electrons. The Morgan fingerprint density at radius 2 is 1.83 bits per heavy atom. The van der Waals surface area contributed by atoms with E-state index in [9.17, 15) is 4.21 Å². The van der Waals surface area contributed by atoms with E-state index in [0.29, 0.717) is 17.4 Å². The van der Waals surface area contributed by atoms with E-state index < -0.39 is 10.8 Å². The van der Waals surface area contributed by atoms with Gasteiger partial charge in [-0.3, -0.25) is 4.21 Å². The summed E-state index contributed by atoms with van der Waals surface area (Å²) in [6.45, 7) is 0. The van der Waals surface area contributed by atoms with Crippen molar-refractivity contribution in [2.45, 2.75) is 43.9 Å². The number of rotatable bonds is 5. The van der Waals surface area contributed by atoms with Gasteiger partial charge in [-0.15, -0.1) is 0 Å². The van der Waals surface area contributed by atoms with Crippen LogP contribution in [-0.2, 0) is 16.6 Å². The molecule has 1 aromatic rings. The third-order valence-corrected chi connectivity index (χ3v) is 5.22. The second kappa shape index (κ2) is 7.05. The van der Waals surface area contributed by atoms with E-state index in [2.05, 4.69) is 0 Å². The molecule has 0 heterocycles. The van der Waals surface area contributed by atoms with Crippen LogP contribution in [0.4, 0.5) is 0 Å². The molecule has 1 aliphatic carbocycles. The molecule has 0 saturated heterocycles. The van der Waals surface area contributed by atoms with E-state index in [1.54, 1.807) is 0 Å². The van der Waals surface area contributed by atoms with Gasteiger partial charge in [0.05, 0.1) is 0 Å². The molecule has 2 unspecified atom stereocenters. The van der Waals surface area contributed by atoms with Crippen molar-refractivity contribution >= 4 is 10.8 Å². The molecule has 2 atom stereocenters. The third kappa shape index (κ3) is 4.21. The molecule has 1 fully saturated rings. The highest BCUT2D eigenvalue weighted by atomic mass is 32.2. The van der Waals surface area contributed by atoms with Crippen LogP contribution in [-0.4, -0.2) is 16.0 Å². The standard InChI is InChI=1S/C15H23NOS/c16-15(14-9-5-2-6-10-14)12-18(17)11-13-7-3-1-4-8-13/h1,3-4,7-8,14-15H,2,5-6,9-12,16H2. The Morgan fingerprint density at radius 1 is 1.17 bits per heavy atom. The molecule has 100 valence electrons. The van der Waals surface area contributed by atoms with Crippen LogP contribution in [0.2, 0.25) is 0 Å². The highest BCUT2D eigenvalue weighted by molar-refractivity contribution is 7.84. The number of benzene rings is 1. The van der Waals surface area contributed by atoms with Gasteiger partial charge in [-0.2, -0.15) is 0 Å². The van der Waals surface area contributed by atoms with Crippen molar-refractivity contribution in [2.24, 2.45) is 11.7 Å². The summed E-state index contributed by atoms with van der Waals surface area (Å²) in [6, 6.07) is 10.2. The fraction of sp³-hybridized carbons (Fsp3) is 0.600. The predicted octanol–water partition coefficient (Wildman–Crippen LogP) is 2.84. The lowest BCUT2D eigenvalue weighted by atomic mass is 9.85. The Morgan fingerprint density at radius 3 is 2.50 bits per heavy atom. The number of nitrogens with two attached hydrogens (primary N) is 1. The van der Waals surface area contributed by atoms with E-state index in [1.165, 1.54) is 32.1 Å². The zero-order chi connectivity index (χ0) is 12.8. The average molecular weight is 265 g/mol. The maximum Gasteiger partial charge on any atom is 0.0486 e. The van der Waals surface area contributed by atoms with Gasteiger partial charge in [-0.05, 0) is 24.3 Å². The van der Waals surface area contributed by atoms with Gasteiger partial charge in [-0.25, -0.2) is 0 Å². The molecular weight excluding hydrogens is 242 g/mol. The van der Waals surface area contributed by atoms with Gasteiger partial charge >= 0.3 is 0 Å². The normalized spacial score (nSPS) is 20.5. The average Bonchev–Trinajstić information content (AvgIpc) is 2.40. The molecule has 0 aromatic heterocycles. The second-order valence-corrected chi connectivity index (χ2v) is 6.80. The van der Waals surface area contributed by atoms with Crippen LogP contribution in [0.1, 0.15) is 37.7 Å². The molecule has 2 nitrogen and oxygen atoms in total. The Kier molecular flexibility index (Phi) is 5.39. The molecule has 0 spiro atoms. The monoisotopic (exact) mass is 265 g/mol. The minimum atomic E-state index is -0.828. The van der Waals surface area contributed by atoms with Crippen LogP contribution in [0.5, 0.6) is 0 Å². The fourth-order valence-electron chi connectivity index (χ4n) is 2.73. The smallest absolute Gasteiger partial charge is 0.0486 e. The summed E-state index contributed by atoms with van der Waals surface area (Å²) in [5.74, 6) is 1.89. The molecule has 2 rings (SSSR count). The Labute approximate surface area is 112 Å². The maximum atomic E-state index is 12.1. The van der Waals surface area contributed by atoms with Gasteiger partial charge in [0.15, 0.2) is 0 Å². The zero-order valence-corrected chi connectivity index (χ0v) is 11.7. The van der Waals surface area contributed by atoms with Crippen LogP contribution in [0.3, 0.4) is 0 Å². The molecule has 0 bridgehead atoms. The zero-order valence-electron chi connectivity index (χ0n) is 10.9. The largest absolute Gasteiger partial charge is 0.327 e. The summed E-state index contributed by atoms with van der Waals surface area (Å²) in [6.07, 6.45) is 6.39. The van der Waals surface area contributed by atoms with Gasteiger partial charge in [0.1, 0.15) is 0 Å².